The van der Waals surface area contributed by atoms with E-state index in [0.29, 0.717) is 21.8 Å². The number of rotatable bonds is 7. The SMILES string of the molecule is Cc1ccc(S(=O)(=O)Oc2ccc(/C=C(\C#N)C(=O)Nc3ccc(Cl)c(Cl)c3)cc2)cc1[N+](=O)[O-]. The van der Waals surface area contributed by atoms with Gasteiger partial charge in [-0.15, -0.1) is 0 Å². The van der Waals surface area contributed by atoms with Crippen LogP contribution in [0.4, 0.5) is 11.4 Å². The fourth-order valence-corrected chi connectivity index (χ4v) is 4.07. The smallest absolute Gasteiger partial charge is 0.339 e. The number of nitrogens with one attached hydrogen (secondary N) is 1. The number of halogens is 2. The summed E-state index contributed by atoms with van der Waals surface area (Å²) in [6.45, 7) is 1.49. The molecule has 0 aliphatic rings. The Hall–Kier alpha value is -3.91. The fourth-order valence-electron chi connectivity index (χ4n) is 2.82. The molecule has 3 rings (SSSR count). The average Bonchev–Trinajstić information content (AvgIpc) is 2.80. The highest BCUT2D eigenvalue weighted by atomic mass is 35.5. The molecule has 35 heavy (non-hydrogen) atoms. The lowest BCUT2D eigenvalue weighted by Gasteiger charge is -2.08. The molecule has 178 valence electrons. The molecule has 0 radical (unpaired) electrons. The maximum atomic E-state index is 12.5. The molecule has 0 aliphatic heterocycles. The van der Waals surface area contributed by atoms with Crippen LogP contribution in [0.15, 0.2) is 71.1 Å². The van der Waals surface area contributed by atoms with Crippen LogP contribution < -0.4 is 9.50 Å². The quantitative estimate of drug-likeness (QED) is 0.139. The van der Waals surface area contributed by atoms with Crippen LogP contribution >= 0.6 is 23.2 Å². The van der Waals surface area contributed by atoms with Crippen molar-refractivity contribution in [3.63, 3.8) is 0 Å². The molecule has 1 amide bonds. The van der Waals surface area contributed by atoms with Gasteiger partial charge in [0.05, 0.1) is 15.0 Å². The highest BCUT2D eigenvalue weighted by Gasteiger charge is 2.21. The van der Waals surface area contributed by atoms with Gasteiger partial charge in [0.25, 0.3) is 11.6 Å². The van der Waals surface area contributed by atoms with Gasteiger partial charge in [-0.25, -0.2) is 0 Å². The van der Waals surface area contributed by atoms with E-state index in [1.165, 1.54) is 67.6 Å². The van der Waals surface area contributed by atoms with Gasteiger partial charge in [-0.3, -0.25) is 14.9 Å². The van der Waals surface area contributed by atoms with E-state index < -0.39 is 20.9 Å². The maximum absolute atomic E-state index is 12.5. The highest BCUT2D eigenvalue weighted by molar-refractivity contribution is 7.87. The molecule has 1 N–H and O–H groups in total. The Kier molecular flexibility index (Phi) is 7.76. The Morgan fingerprint density at radius 2 is 1.77 bits per heavy atom. The van der Waals surface area contributed by atoms with E-state index in [1.54, 1.807) is 6.07 Å². The highest BCUT2D eigenvalue weighted by Crippen LogP contribution is 2.27. The monoisotopic (exact) mass is 531 g/mol. The summed E-state index contributed by atoms with van der Waals surface area (Å²) in [7, 11) is -4.34. The number of carbonyl (C=O) groups excluding carboxylic acids is 1. The molecular weight excluding hydrogens is 517 g/mol. The Balaban J connectivity index is 1.76. The van der Waals surface area contributed by atoms with Crippen molar-refractivity contribution in [3.05, 3.63) is 97.5 Å². The topological polar surface area (TPSA) is 139 Å². The molecule has 0 fully saturated rings. The average molecular weight is 532 g/mol. The van der Waals surface area contributed by atoms with Crippen LogP contribution in [0.2, 0.25) is 10.0 Å². The zero-order valence-electron chi connectivity index (χ0n) is 17.9. The summed E-state index contributed by atoms with van der Waals surface area (Å²) in [5.74, 6) is -0.751. The van der Waals surface area contributed by atoms with Crippen LogP contribution in [-0.4, -0.2) is 19.2 Å². The second-order valence-corrected chi connectivity index (χ2v) is 9.43. The first kappa shape index (κ1) is 25.7. The predicted octanol–water partition coefficient (Wildman–Crippen LogP) is 5.52. The Morgan fingerprint density at radius 1 is 1.09 bits per heavy atom. The number of anilines is 1. The van der Waals surface area contributed by atoms with Crippen LogP contribution in [0, 0.1) is 28.4 Å². The molecule has 0 bridgehead atoms. The van der Waals surface area contributed by atoms with Gasteiger partial charge < -0.3 is 9.50 Å². The number of nitriles is 1. The van der Waals surface area contributed by atoms with E-state index >= 15 is 0 Å². The number of aryl methyl sites for hydroxylation is 1. The molecule has 3 aromatic rings. The zero-order chi connectivity index (χ0) is 25.8. The number of hydrogen-bond donors (Lipinski definition) is 1. The molecule has 0 saturated carbocycles. The maximum Gasteiger partial charge on any atom is 0.339 e. The van der Waals surface area contributed by atoms with Crippen molar-refractivity contribution in [2.24, 2.45) is 0 Å². The van der Waals surface area contributed by atoms with E-state index in [2.05, 4.69) is 5.32 Å². The Bertz CT molecular complexity index is 1500. The molecule has 0 spiro atoms. The Labute approximate surface area is 210 Å². The first-order chi connectivity index (χ1) is 16.5. The third-order valence-electron chi connectivity index (χ3n) is 4.61. The number of nitro benzene ring substituents is 1. The summed E-state index contributed by atoms with van der Waals surface area (Å²) in [5.41, 5.74) is 0.502. The minimum atomic E-state index is -4.34. The van der Waals surface area contributed by atoms with E-state index in [4.69, 9.17) is 27.4 Å². The predicted molar refractivity (Wildman–Crippen MR) is 131 cm³/mol. The van der Waals surface area contributed by atoms with Crippen LogP contribution in [0.25, 0.3) is 6.08 Å². The Morgan fingerprint density at radius 3 is 2.37 bits per heavy atom. The summed E-state index contributed by atoms with van der Waals surface area (Å²) in [6.07, 6.45) is 1.30. The van der Waals surface area contributed by atoms with Gasteiger partial charge in [-0.1, -0.05) is 41.4 Å². The van der Waals surface area contributed by atoms with Gasteiger partial charge in [-0.05, 0) is 55.0 Å². The molecule has 0 atom stereocenters. The number of benzene rings is 3. The van der Waals surface area contributed by atoms with Gasteiger partial charge in [0, 0.05) is 17.3 Å². The summed E-state index contributed by atoms with van der Waals surface area (Å²) >= 11 is 11.8. The number of nitrogens with zero attached hydrogens (tertiary/aromatic N) is 2. The third-order valence-corrected chi connectivity index (χ3v) is 6.59. The second kappa shape index (κ2) is 10.6. The molecular formula is C23H15Cl2N3O6S. The summed E-state index contributed by atoms with van der Waals surface area (Å²) < 4.78 is 30.1. The summed E-state index contributed by atoms with van der Waals surface area (Å²) in [6, 6.07) is 15.2. The first-order valence-corrected chi connectivity index (χ1v) is 11.8. The minimum absolute atomic E-state index is 0.0656. The van der Waals surface area contributed by atoms with Crippen molar-refractivity contribution in [1.82, 2.24) is 0 Å². The number of nitro groups is 1. The first-order valence-electron chi connectivity index (χ1n) is 9.68. The molecule has 0 heterocycles. The van der Waals surface area contributed by atoms with Crippen LogP contribution in [-0.2, 0) is 14.9 Å². The van der Waals surface area contributed by atoms with Crippen molar-refractivity contribution in [2.75, 3.05) is 5.32 Å². The summed E-state index contributed by atoms with van der Waals surface area (Å²) in [4.78, 5) is 22.5. The van der Waals surface area contributed by atoms with Crippen molar-refractivity contribution < 1.29 is 22.3 Å². The lowest BCUT2D eigenvalue weighted by atomic mass is 10.1. The van der Waals surface area contributed by atoms with Crippen molar-refractivity contribution in [2.45, 2.75) is 11.8 Å². The zero-order valence-corrected chi connectivity index (χ0v) is 20.2. The molecule has 0 aromatic heterocycles. The van der Waals surface area contributed by atoms with E-state index in [9.17, 15) is 28.6 Å². The minimum Gasteiger partial charge on any atom is -0.379 e. The number of hydrogen-bond acceptors (Lipinski definition) is 7. The fraction of sp³-hybridized carbons (Fsp3) is 0.0435. The molecule has 3 aromatic carbocycles. The molecule has 9 nitrogen and oxygen atoms in total. The van der Waals surface area contributed by atoms with Crippen LogP contribution in [0.3, 0.4) is 0 Å². The normalized spacial score (nSPS) is 11.4. The van der Waals surface area contributed by atoms with E-state index in [0.717, 1.165) is 6.07 Å². The summed E-state index contributed by atoms with van der Waals surface area (Å²) in [5, 5.41) is 23.5. The molecule has 0 unspecified atom stereocenters. The van der Waals surface area contributed by atoms with Crippen molar-refractivity contribution in [3.8, 4) is 11.8 Å². The third kappa shape index (κ3) is 6.36. The molecule has 0 saturated heterocycles. The second-order valence-electron chi connectivity index (χ2n) is 7.06. The lowest BCUT2D eigenvalue weighted by Crippen LogP contribution is -2.13. The van der Waals surface area contributed by atoms with Gasteiger partial charge in [0.1, 0.15) is 22.3 Å². The van der Waals surface area contributed by atoms with Gasteiger partial charge >= 0.3 is 10.1 Å². The standard InChI is InChI=1S/C23H15Cl2N3O6S/c1-14-2-8-19(12-22(14)28(30)31)35(32,33)34-18-6-3-15(4-7-18)10-16(13-26)23(29)27-17-5-9-20(24)21(25)11-17/h2-12H,1H3,(H,27,29)/b16-10+. The number of carbonyl (C=O) groups is 1. The lowest BCUT2D eigenvalue weighted by molar-refractivity contribution is -0.385. The van der Waals surface area contributed by atoms with E-state index in [-0.39, 0.29) is 26.9 Å². The van der Waals surface area contributed by atoms with E-state index in [1.807, 2.05) is 0 Å². The van der Waals surface area contributed by atoms with Crippen molar-refractivity contribution >= 4 is 56.7 Å². The molecule has 0 aliphatic carbocycles. The van der Waals surface area contributed by atoms with Crippen LogP contribution in [0.1, 0.15) is 11.1 Å². The number of amides is 1. The van der Waals surface area contributed by atoms with Gasteiger partial charge in [0.15, 0.2) is 0 Å². The van der Waals surface area contributed by atoms with Crippen LogP contribution in [0.5, 0.6) is 5.75 Å². The van der Waals surface area contributed by atoms with Crippen molar-refractivity contribution in [1.29, 1.82) is 5.26 Å². The van der Waals surface area contributed by atoms with Gasteiger partial charge in [0.2, 0.25) is 0 Å². The van der Waals surface area contributed by atoms with Gasteiger partial charge in [-0.2, -0.15) is 13.7 Å². The largest absolute Gasteiger partial charge is 0.379 e. The molecule has 12 heteroatoms.